The van der Waals surface area contributed by atoms with Gasteiger partial charge in [-0.05, 0) is 30.7 Å². The highest BCUT2D eigenvalue weighted by Crippen LogP contribution is 2.21. The second-order valence-corrected chi connectivity index (χ2v) is 8.11. The first kappa shape index (κ1) is 17.0. The summed E-state index contributed by atoms with van der Waals surface area (Å²) in [5, 5.41) is 4.47. The van der Waals surface area contributed by atoms with Gasteiger partial charge >= 0.3 is 0 Å². The number of carbonyl (C=O) groups is 2. The maximum Gasteiger partial charge on any atom is 0.274 e. The number of hydrogen-bond donors (Lipinski definition) is 0. The monoisotopic (exact) mass is 332 g/mol. The molecule has 2 aliphatic rings. The molecule has 1 aromatic heterocycles. The fourth-order valence-corrected chi connectivity index (χ4v) is 3.41. The number of carbonyl (C=O) groups excluding carboxylic acids is 2. The normalized spacial score (nSPS) is 18.5. The predicted octanol–water partition coefficient (Wildman–Crippen LogP) is 1.94. The zero-order chi connectivity index (χ0) is 17.3. The van der Waals surface area contributed by atoms with E-state index < -0.39 is 0 Å². The molecule has 6 nitrogen and oxygen atoms in total. The highest BCUT2D eigenvalue weighted by atomic mass is 16.2. The molecule has 1 saturated heterocycles. The molecule has 2 aliphatic heterocycles. The first-order chi connectivity index (χ1) is 11.3. The van der Waals surface area contributed by atoms with Crippen molar-refractivity contribution in [3.63, 3.8) is 0 Å². The van der Waals surface area contributed by atoms with Crippen LogP contribution in [0.4, 0.5) is 0 Å². The van der Waals surface area contributed by atoms with E-state index in [2.05, 4.69) is 25.9 Å². The fourth-order valence-electron chi connectivity index (χ4n) is 3.41. The second-order valence-electron chi connectivity index (χ2n) is 8.11. The average Bonchev–Trinajstić information content (AvgIpc) is 2.96. The molecule has 0 aliphatic carbocycles. The third-order valence-electron chi connectivity index (χ3n) is 4.74. The van der Waals surface area contributed by atoms with Gasteiger partial charge in [0.1, 0.15) is 0 Å². The third kappa shape index (κ3) is 3.79. The molecule has 3 heterocycles. The lowest BCUT2D eigenvalue weighted by molar-refractivity contribution is -0.134. The zero-order valence-corrected chi connectivity index (χ0v) is 15.0. The molecule has 132 valence electrons. The van der Waals surface area contributed by atoms with Gasteiger partial charge < -0.3 is 9.80 Å². The van der Waals surface area contributed by atoms with E-state index in [1.54, 1.807) is 0 Å². The number of piperazine rings is 1. The van der Waals surface area contributed by atoms with Crippen molar-refractivity contribution in [1.82, 2.24) is 19.6 Å². The summed E-state index contributed by atoms with van der Waals surface area (Å²) in [4.78, 5) is 28.7. The van der Waals surface area contributed by atoms with E-state index >= 15 is 0 Å². The number of aromatic nitrogens is 2. The number of amides is 2. The van der Waals surface area contributed by atoms with Crippen LogP contribution in [0.2, 0.25) is 0 Å². The van der Waals surface area contributed by atoms with E-state index in [4.69, 9.17) is 0 Å². The van der Waals surface area contributed by atoms with E-state index in [0.717, 1.165) is 19.4 Å². The topological polar surface area (TPSA) is 58.4 Å². The van der Waals surface area contributed by atoms with Crippen LogP contribution >= 0.6 is 0 Å². The van der Waals surface area contributed by atoms with Gasteiger partial charge in [-0.15, -0.1) is 0 Å². The Morgan fingerprint density at radius 3 is 2.33 bits per heavy atom. The second kappa shape index (κ2) is 6.57. The smallest absolute Gasteiger partial charge is 0.274 e. The Kier molecular flexibility index (Phi) is 4.65. The summed E-state index contributed by atoms with van der Waals surface area (Å²) in [5.41, 5.74) is 1.73. The standard InChI is InChI=1S/C18H28N4O2/c1-18(2,3)13-16(23)20-8-10-21(11-9-20)17(24)15-12-14-6-4-5-7-22(14)19-15/h12H,4-11,13H2,1-3H3. The van der Waals surface area contributed by atoms with Gasteiger partial charge in [0, 0.05) is 44.8 Å². The summed E-state index contributed by atoms with van der Waals surface area (Å²) in [7, 11) is 0. The van der Waals surface area contributed by atoms with Crippen molar-refractivity contribution in [2.75, 3.05) is 26.2 Å². The Balaban J connectivity index is 1.57. The highest BCUT2D eigenvalue weighted by molar-refractivity contribution is 5.92. The van der Waals surface area contributed by atoms with Gasteiger partial charge in [-0.2, -0.15) is 5.10 Å². The molecule has 2 amide bonds. The molecule has 0 saturated carbocycles. The Labute approximate surface area is 143 Å². The summed E-state index contributed by atoms with van der Waals surface area (Å²) < 4.78 is 1.97. The van der Waals surface area contributed by atoms with E-state index in [9.17, 15) is 9.59 Å². The van der Waals surface area contributed by atoms with Crippen molar-refractivity contribution in [1.29, 1.82) is 0 Å². The lowest BCUT2D eigenvalue weighted by Gasteiger charge is -2.35. The van der Waals surface area contributed by atoms with Crippen molar-refractivity contribution in [2.24, 2.45) is 5.41 Å². The molecule has 0 atom stereocenters. The van der Waals surface area contributed by atoms with Crippen molar-refractivity contribution >= 4 is 11.8 Å². The largest absolute Gasteiger partial charge is 0.339 e. The Bertz CT molecular complexity index is 598. The number of hydrogen-bond acceptors (Lipinski definition) is 3. The molecule has 0 radical (unpaired) electrons. The molecule has 24 heavy (non-hydrogen) atoms. The molecule has 0 spiro atoms. The number of aryl methyl sites for hydroxylation is 2. The third-order valence-corrected chi connectivity index (χ3v) is 4.74. The van der Waals surface area contributed by atoms with Crippen LogP contribution in [0.25, 0.3) is 0 Å². The van der Waals surface area contributed by atoms with Gasteiger partial charge in [-0.3, -0.25) is 14.3 Å². The summed E-state index contributed by atoms with van der Waals surface area (Å²) in [6, 6.07) is 1.94. The van der Waals surface area contributed by atoms with Crippen LogP contribution in [0.5, 0.6) is 0 Å². The highest BCUT2D eigenvalue weighted by Gasteiger charge is 2.28. The van der Waals surface area contributed by atoms with Crippen LogP contribution in [0.3, 0.4) is 0 Å². The van der Waals surface area contributed by atoms with Crippen LogP contribution in [0.15, 0.2) is 6.07 Å². The van der Waals surface area contributed by atoms with Crippen LogP contribution < -0.4 is 0 Å². The fraction of sp³-hybridized carbons (Fsp3) is 0.722. The summed E-state index contributed by atoms with van der Waals surface area (Å²) in [5.74, 6) is 0.187. The van der Waals surface area contributed by atoms with Gasteiger partial charge in [-0.1, -0.05) is 20.8 Å². The maximum atomic E-state index is 12.7. The minimum atomic E-state index is -0.000456. The van der Waals surface area contributed by atoms with Gasteiger partial charge in [0.05, 0.1) is 0 Å². The quantitative estimate of drug-likeness (QED) is 0.831. The van der Waals surface area contributed by atoms with E-state index in [0.29, 0.717) is 38.3 Å². The lowest BCUT2D eigenvalue weighted by atomic mass is 9.91. The Morgan fingerprint density at radius 2 is 1.71 bits per heavy atom. The molecule has 1 fully saturated rings. The lowest BCUT2D eigenvalue weighted by Crippen LogP contribution is -2.51. The zero-order valence-electron chi connectivity index (χ0n) is 15.0. The van der Waals surface area contributed by atoms with Crippen LogP contribution in [-0.2, 0) is 17.8 Å². The molecular weight excluding hydrogens is 304 g/mol. The van der Waals surface area contributed by atoms with Gasteiger partial charge in [-0.25, -0.2) is 0 Å². The average molecular weight is 332 g/mol. The van der Waals surface area contributed by atoms with E-state index in [1.807, 2.05) is 20.5 Å². The maximum absolute atomic E-state index is 12.7. The number of fused-ring (bicyclic) bond motifs is 1. The number of rotatable bonds is 2. The van der Waals surface area contributed by atoms with Crippen LogP contribution in [0.1, 0.15) is 56.2 Å². The summed E-state index contributed by atoms with van der Waals surface area (Å²) >= 11 is 0. The summed E-state index contributed by atoms with van der Waals surface area (Å²) in [6.45, 7) is 9.57. The molecule has 1 aromatic rings. The molecule has 0 N–H and O–H groups in total. The van der Waals surface area contributed by atoms with E-state index in [1.165, 1.54) is 12.1 Å². The van der Waals surface area contributed by atoms with Crippen molar-refractivity contribution < 1.29 is 9.59 Å². The van der Waals surface area contributed by atoms with E-state index in [-0.39, 0.29) is 17.2 Å². The molecule has 0 bridgehead atoms. The minimum Gasteiger partial charge on any atom is -0.339 e. The molecule has 3 rings (SSSR count). The van der Waals surface area contributed by atoms with Crippen molar-refractivity contribution in [3.8, 4) is 0 Å². The summed E-state index contributed by atoms with van der Waals surface area (Å²) in [6.07, 6.45) is 3.87. The first-order valence-corrected chi connectivity index (χ1v) is 8.97. The molecule has 0 aromatic carbocycles. The SMILES string of the molecule is CC(C)(C)CC(=O)N1CCN(C(=O)c2cc3n(n2)CCCC3)CC1. The van der Waals surface area contributed by atoms with Gasteiger partial charge in [0.25, 0.3) is 5.91 Å². The molecule has 0 unspecified atom stereocenters. The minimum absolute atomic E-state index is 0.000166. The number of nitrogens with zero attached hydrogens (tertiary/aromatic N) is 4. The molecule has 6 heteroatoms. The van der Waals surface area contributed by atoms with Gasteiger partial charge in [0.2, 0.25) is 5.91 Å². The first-order valence-electron chi connectivity index (χ1n) is 8.97. The van der Waals surface area contributed by atoms with Crippen molar-refractivity contribution in [2.45, 2.75) is 53.0 Å². The van der Waals surface area contributed by atoms with Gasteiger partial charge in [0.15, 0.2) is 5.69 Å². The Hall–Kier alpha value is -1.85. The van der Waals surface area contributed by atoms with Crippen LogP contribution in [0, 0.1) is 5.41 Å². The Morgan fingerprint density at radius 1 is 1.04 bits per heavy atom. The predicted molar refractivity (Wildman–Crippen MR) is 91.7 cm³/mol. The van der Waals surface area contributed by atoms with Crippen LogP contribution in [-0.4, -0.2) is 57.6 Å². The van der Waals surface area contributed by atoms with Crippen molar-refractivity contribution in [3.05, 3.63) is 17.5 Å². The molecular formula is C18H28N4O2.